The number of benzene rings is 1. The number of hydrogen-bond donors (Lipinski definition) is 1. The number of hydrogen-bond acceptors (Lipinski definition) is 5. The lowest BCUT2D eigenvalue weighted by molar-refractivity contribution is -0.124. The minimum absolute atomic E-state index is 0.0976. The van der Waals surface area contributed by atoms with Crippen molar-refractivity contribution >= 4 is 11.8 Å². The first-order valence-corrected chi connectivity index (χ1v) is 9.72. The van der Waals surface area contributed by atoms with Gasteiger partial charge in [0.2, 0.25) is 5.91 Å². The molecule has 8 nitrogen and oxygen atoms in total. The molecule has 0 aliphatic carbocycles. The quantitative estimate of drug-likeness (QED) is 0.850. The first-order chi connectivity index (χ1) is 13.4. The van der Waals surface area contributed by atoms with Gasteiger partial charge in [0.05, 0.1) is 17.5 Å². The summed E-state index contributed by atoms with van der Waals surface area (Å²) in [4.78, 5) is 26.8. The highest BCUT2D eigenvalue weighted by Crippen LogP contribution is 2.20. The zero-order valence-corrected chi connectivity index (χ0v) is 16.8. The molecule has 1 aromatic carbocycles. The Morgan fingerprint density at radius 3 is 2.68 bits per heavy atom. The normalized spacial score (nSPS) is 17.4. The van der Waals surface area contributed by atoms with Crippen molar-refractivity contribution in [1.29, 1.82) is 0 Å². The molecular formula is C20H27N5O3. The van der Waals surface area contributed by atoms with E-state index in [9.17, 15) is 9.59 Å². The number of carbonyl (C=O) groups excluding carboxylic acids is 2. The Kier molecular flexibility index (Phi) is 5.96. The summed E-state index contributed by atoms with van der Waals surface area (Å²) in [6.45, 7) is 8.73. The summed E-state index contributed by atoms with van der Waals surface area (Å²) in [6.07, 6.45) is 1.40. The molecule has 1 saturated heterocycles. The monoisotopic (exact) mass is 385 g/mol. The summed E-state index contributed by atoms with van der Waals surface area (Å²) in [5.74, 6) is 0.377. The van der Waals surface area contributed by atoms with Crippen molar-refractivity contribution in [2.45, 2.75) is 52.7 Å². The van der Waals surface area contributed by atoms with Crippen molar-refractivity contribution < 1.29 is 14.3 Å². The van der Waals surface area contributed by atoms with Crippen LogP contribution in [0.1, 0.15) is 50.3 Å². The fraction of sp³-hybridized carbons (Fsp3) is 0.500. The zero-order valence-electron chi connectivity index (χ0n) is 16.8. The van der Waals surface area contributed by atoms with Crippen LogP contribution in [-0.2, 0) is 11.2 Å². The molecule has 2 heterocycles. The van der Waals surface area contributed by atoms with E-state index < -0.39 is 6.04 Å². The minimum Gasteiger partial charge on any atom is -0.491 e. The average Bonchev–Trinajstić information content (AvgIpc) is 3.03. The number of amides is 2. The van der Waals surface area contributed by atoms with Gasteiger partial charge in [-0.15, -0.1) is 5.10 Å². The van der Waals surface area contributed by atoms with Crippen LogP contribution < -0.4 is 10.1 Å². The van der Waals surface area contributed by atoms with Crippen LogP contribution in [0.2, 0.25) is 0 Å². The van der Waals surface area contributed by atoms with E-state index in [-0.39, 0.29) is 17.9 Å². The first-order valence-electron chi connectivity index (χ1n) is 9.72. The van der Waals surface area contributed by atoms with Crippen LogP contribution in [0.4, 0.5) is 0 Å². The topological polar surface area (TPSA) is 89.4 Å². The van der Waals surface area contributed by atoms with Gasteiger partial charge in [-0.3, -0.25) is 9.59 Å². The fourth-order valence-corrected chi connectivity index (χ4v) is 3.29. The standard InChI is InChI=1S/C20H27N5O3/c1-5-17-18(20(27)24-12-6-11-21-19(26)14(24)4)22-23-25(17)15-7-9-16(10-8-15)28-13(2)3/h7-10,13-14H,5-6,11-12H2,1-4H3,(H,21,26). The van der Waals surface area contributed by atoms with Gasteiger partial charge in [-0.05, 0) is 57.9 Å². The molecule has 3 rings (SSSR count). The van der Waals surface area contributed by atoms with Crippen LogP contribution >= 0.6 is 0 Å². The van der Waals surface area contributed by atoms with Gasteiger partial charge in [-0.25, -0.2) is 4.68 Å². The number of rotatable bonds is 5. The van der Waals surface area contributed by atoms with Crippen molar-refractivity contribution in [3.63, 3.8) is 0 Å². The van der Waals surface area contributed by atoms with Gasteiger partial charge >= 0.3 is 0 Å². The molecular weight excluding hydrogens is 358 g/mol. The second-order valence-electron chi connectivity index (χ2n) is 7.13. The predicted octanol–water partition coefficient (Wildman–Crippen LogP) is 1.97. The van der Waals surface area contributed by atoms with Crippen molar-refractivity contribution in [3.8, 4) is 11.4 Å². The second kappa shape index (κ2) is 8.41. The Morgan fingerprint density at radius 1 is 1.32 bits per heavy atom. The maximum absolute atomic E-state index is 13.1. The van der Waals surface area contributed by atoms with Crippen molar-refractivity contribution in [2.24, 2.45) is 0 Å². The molecule has 1 aliphatic heterocycles. The van der Waals surface area contributed by atoms with Crippen LogP contribution in [0, 0.1) is 0 Å². The molecule has 1 fully saturated rings. The molecule has 8 heteroatoms. The van der Waals surface area contributed by atoms with Gasteiger partial charge in [-0.2, -0.15) is 0 Å². The molecule has 1 unspecified atom stereocenters. The Hall–Kier alpha value is -2.90. The van der Waals surface area contributed by atoms with E-state index in [2.05, 4.69) is 15.6 Å². The highest BCUT2D eigenvalue weighted by atomic mass is 16.5. The number of ether oxygens (including phenoxy) is 1. The van der Waals surface area contributed by atoms with E-state index in [1.807, 2.05) is 45.0 Å². The van der Waals surface area contributed by atoms with Gasteiger partial charge in [0.15, 0.2) is 5.69 Å². The third kappa shape index (κ3) is 4.00. The van der Waals surface area contributed by atoms with E-state index >= 15 is 0 Å². The molecule has 1 aliphatic rings. The summed E-state index contributed by atoms with van der Waals surface area (Å²) in [5, 5.41) is 11.2. The van der Waals surface area contributed by atoms with E-state index in [1.165, 1.54) is 0 Å². The lowest BCUT2D eigenvalue weighted by Crippen LogP contribution is -2.45. The Balaban J connectivity index is 1.89. The SMILES string of the molecule is CCc1c(C(=O)N2CCCNC(=O)C2C)nnn1-c1ccc(OC(C)C)cc1. The molecule has 2 aromatic rings. The average molecular weight is 385 g/mol. The summed E-state index contributed by atoms with van der Waals surface area (Å²) in [5.41, 5.74) is 1.83. The van der Waals surface area contributed by atoms with Gasteiger partial charge in [0, 0.05) is 13.1 Å². The van der Waals surface area contributed by atoms with Crippen LogP contribution in [0.15, 0.2) is 24.3 Å². The molecule has 0 spiro atoms. The molecule has 1 aromatic heterocycles. The smallest absolute Gasteiger partial charge is 0.277 e. The number of nitrogens with one attached hydrogen (secondary N) is 1. The summed E-state index contributed by atoms with van der Waals surface area (Å²) < 4.78 is 7.35. The Labute approximate surface area is 164 Å². The molecule has 0 bridgehead atoms. The Morgan fingerprint density at radius 2 is 2.04 bits per heavy atom. The number of nitrogens with zero attached hydrogens (tertiary/aromatic N) is 4. The highest BCUT2D eigenvalue weighted by Gasteiger charge is 2.32. The zero-order chi connectivity index (χ0) is 20.3. The fourth-order valence-electron chi connectivity index (χ4n) is 3.29. The van der Waals surface area contributed by atoms with Gasteiger partial charge < -0.3 is 15.0 Å². The molecule has 1 N–H and O–H groups in total. The van der Waals surface area contributed by atoms with Gasteiger partial charge in [-0.1, -0.05) is 12.1 Å². The lowest BCUT2D eigenvalue weighted by atomic mass is 10.2. The third-order valence-corrected chi connectivity index (χ3v) is 4.74. The third-order valence-electron chi connectivity index (χ3n) is 4.74. The number of carbonyl (C=O) groups is 2. The summed E-state index contributed by atoms with van der Waals surface area (Å²) in [6, 6.07) is 7.00. The maximum atomic E-state index is 13.1. The summed E-state index contributed by atoms with van der Waals surface area (Å²) in [7, 11) is 0. The largest absolute Gasteiger partial charge is 0.491 e. The van der Waals surface area contributed by atoms with E-state index in [4.69, 9.17) is 4.74 Å². The Bertz CT molecular complexity index is 844. The van der Waals surface area contributed by atoms with Crippen LogP contribution in [0.25, 0.3) is 5.69 Å². The van der Waals surface area contributed by atoms with Crippen LogP contribution in [0.3, 0.4) is 0 Å². The van der Waals surface area contributed by atoms with Gasteiger partial charge in [0.1, 0.15) is 11.8 Å². The minimum atomic E-state index is -0.530. The molecule has 0 radical (unpaired) electrons. The lowest BCUT2D eigenvalue weighted by Gasteiger charge is -2.24. The second-order valence-corrected chi connectivity index (χ2v) is 7.13. The van der Waals surface area contributed by atoms with Crippen molar-refractivity contribution in [1.82, 2.24) is 25.2 Å². The van der Waals surface area contributed by atoms with E-state index in [0.717, 1.165) is 17.1 Å². The van der Waals surface area contributed by atoms with Crippen LogP contribution in [0.5, 0.6) is 5.75 Å². The maximum Gasteiger partial charge on any atom is 0.277 e. The first kappa shape index (κ1) is 19.9. The van der Waals surface area contributed by atoms with E-state index in [1.54, 1.807) is 16.5 Å². The predicted molar refractivity (Wildman–Crippen MR) is 105 cm³/mol. The molecule has 28 heavy (non-hydrogen) atoms. The highest BCUT2D eigenvalue weighted by molar-refractivity contribution is 5.97. The molecule has 0 saturated carbocycles. The van der Waals surface area contributed by atoms with E-state index in [0.29, 0.717) is 31.6 Å². The van der Waals surface area contributed by atoms with Gasteiger partial charge in [0.25, 0.3) is 5.91 Å². The molecule has 150 valence electrons. The molecule has 1 atom stereocenters. The summed E-state index contributed by atoms with van der Waals surface area (Å²) >= 11 is 0. The molecule has 2 amide bonds. The van der Waals surface area contributed by atoms with Crippen molar-refractivity contribution in [2.75, 3.05) is 13.1 Å². The van der Waals surface area contributed by atoms with Crippen molar-refractivity contribution in [3.05, 3.63) is 35.7 Å². The number of aromatic nitrogens is 3. The van der Waals surface area contributed by atoms with Crippen LogP contribution in [-0.4, -0.2) is 56.9 Å².